The fourth-order valence-electron chi connectivity index (χ4n) is 5.27. The van der Waals surface area contributed by atoms with Gasteiger partial charge in [-0.05, 0) is 68.7 Å². The molecular formula is C22H29FN2O2. The number of hydrogen-bond acceptors (Lipinski definition) is 2. The molecule has 3 aliphatic rings. The zero-order chi connectivity index (χ0) is 18.8. The molecule has 1 aromatic carbocycles. The monoisotopic (exact) mass is 372 g/mol. The molecule has 3 atom stereocenters. The third-order valence-corrected chi connectivity index (χ3v) is 6.68. The predicted molar refractivity (Wildman–Crippen MR) is 102 cm³/mol. The fourth-order valence-corrected chi connectivity index (χ4v) is 5.27. The number of amides is 2. The Morgan fingerprint density at radius 2 is 1.59 bits per heavy atom. The molecule has 2 aliphatic heterocycles. The van der Waals surface area contributed by atoms with Crippen molar-refractivity contribution in [1.82, 2.24) is 9.80 Å². The van der Waals surface area contributed by atoms with Crippen molar-refractivity contribution < 1.29 is 14.0 Å². The van der Waals surface area contributed by atoms with Crippen molar-refractivity contribution in [2.75, 3.05) is 19.6 Å². The van der Waals surface area contributed by atoms with Crippen LogP contribution < -0.4 is 0 Å². The van der Waals surface area contributed by atoms with Crippen molar-refractivity contribution in [3.05, 3.63) is 35.6 Å². The number of fused-ring (bicyclic) bond motifs is 1. The first-order valence-corrected chi connectivity index (χ1v) is 10.5. The molecule has 27 heavy (non-hydrogen) atoms. The molecule has 0 bridgehead atoms. The summed E-state index contributed by atoms with van der Waals surface area (Å²) in [6, 6.07) is 6.11. The molecule has 146 valence electrons. The molecule has 1 aliphatic carbocycles. The van der Waals surface area contributed by atoms with Crippen LogP contribution in [0, 0.1) is 17.7 Å². The van der Waals surface area contributed by atoms with Crippen molar-refractivity contribution in [3.8, 4) is 0 Å². The maximum absolute atomic E-state index is 13.3. The molecule has 1 aromatic rings. The van der Waals surface area contributed by atoms with Gasteiger partial charge in [-0.25, -0.2) is 4.39 Å². The maximum atomic E-state index is 13.3. The van der Waals surface area contributed by atoms with Gasteiger partial charge in [-0.1, -0.05) is 12.8 Å². The van der Waals surface area contributed by atoms with E-state index in [1.54, 1.807) is 4.90 Å². The molecule has 0 aromatic heterocycles. The van der Waals surface area contributed by atoms with Crippen LogP contribution in [0.25, 0.3) is 0 Å². The van der Waals surface area contributed by atoms with Crippen LogP contribution >= 0.6 is 0 Å². The molecule has 4 rings (SSSR count). The number of likely N-dealkylation sites (tertiary alicyclic amines) is 2. The Kier molecular flexibility index (Phi) is 5.46. The van der Waals surface area contributed by atoms with E-state index < -0.39 is 0 Å². The Morgan fingerprint density at radius 1 is 0.889 bits per heavy atom. The number of nitrogens with zero attached hydrogens (tertiary/aromatic N) is 2. The number of carbonyl (C=O) groups excluding carboxylic acids is 2. The minimum Gasteiger partial charge on any atom is -0.339 e. The Labute approximate surface area is 160 Å². The first kappa shape index (κ1) is 18.5. The minimum atomic E-state index is -0.342. The van der Waals surface area contributed by atoms with Crippen LogP contribution in [0.5, 0.6) is 0 Å². The normalized spacial score (nSPS) is 28.6. The molecular weight excluding hydrogens is 343 g/mol. The van der Waals surface area contributed by atoms with Gasteiger partial charge in [0, 0.05) is 31.2 Å². The van der Waals surface area contributed by atoms with E-state index in [0.717, 1.165) is 32.2 Å². The average molecular weight is 372 g/mol. The number of halogens is 1. The van der Waals surface area contributed by atoms with Gasteiger partial charge in [0.15, 0.2) is 0 Å². The van der Waals surface area contributed by atoms with E-state index in [2.05, 4.69) is 4.90 Å². The van der Waals surface area contributed by atoms with Gasteiger partial charge >= 0.3 is 0 Å². The molecule has 1 saturated carbocycles. The van der Waals surface area contributed by atoms with E-state index in [9.17, 15) is 14.0 Å². The lowest BCUT2D eigenvalue weighted by atomic mass is 9.77. The summed E-state index contributed by atoms with van der Waals surface area (Å²) in [5, 5.41) is 0. The number of hydrogen-bond donors (Lipinski definition) is 0. The molecule has 3 fully saturated rings. The van der Waals surface area contributed by atoms with Gasteiger partial charge in [0.2, 0.25) is 5.91 Å². The zero-order valence-corrected chi connectivity index (χ0v) is 15.9. The Balaban J connectivity index is 1.43. The summed E-state index contributed by atoms with van der Waals surface area (Å²) >= 11 is 0. The summed E-state index contributed by atoms with van der Waals surface area (Å²) in [4.78, 5) is 30.0. The van der Waals surface area contributed by atoms with E-state index >= 15 is 0 Å². The van der Waals surface area contributed by atoms with Crippen LogP contribution in [-0.4, -0.2) is 47.3 Å². The minimum absolute atomic E-state index is 0.0937. The van der Waals surface area contributed by atoms with Crippen LogP contribution in [0.2, 0.25) is 0 Å². The van der Waals surface area contributed by atoms with Crippen LogP contribution in [-0.2, 0) is 4.79 Å². The van der Waals surface area contributed by atoms with Gasteiger partial charge in [0.05, 0.1) is 5.92 Å². The zero-order valence-electron chi connectivity index (χ0n) is 15.9. The Hall–Kier alpha value is -1.91. The summed E-state index contributed by atoms with van der Waals surface area (Å²) in [7, 11) is 0. The molecule has 2 saturated heterocycles. The van der Waals surface area contributed by atoms with E-state index in [-0.39, 0.29) is 23.5 Å². The summed E-state index contributed by atoms with van der Waals surface area (Å²) in [6.07, 6.45) is 9.00. The van der Waals surface area contributed by atoms with Gasteiger partial charge < -0.3 is 9.80 Å². The van der Waals surface area contributed by atoms with Crippen molar-refractivity contribution in [2.24, 2.45) is 11.8 Å². The van der Waals surface area contributed by atoms with Crippen molar-refractivity contribution in [1.29, 1.82) is 0 Å². The molecule has 0 spiro atoms. The summed E-state index contributed by atoms with van der Waals surface area (Å²) < 4.78 is 13.1. The highest BCUT2D eigenvalue weighted by molar-refractivity contribution is 5.94. The molecule has 2 heterocycles. The van der Waals surface area contributed by atoms with Crippen molar-refractivity contribution in [3.63, 3.8) is 0 Å². The van der Waals surface area contributed by atoms with Gasteiger partial charge in [-0.3, -0.25) is 9.59 Å². The van der Waals surface area contributed by atoms with E-state index in [1.807, 2.05) is 0 Å². The standard InChI is InChI=1S/C22H29FN2O2/c23-19-11-9-17(10-12-19)21(26)24-13-3-7-18(15-24)22(27)25-14-4-6-16-5-1-2-8-20(16)25/h9-12,16,18,20H,1-8,13-15H2/t16-,18+,20-/m1/s1. The van der Waals surface area contributed by atoms with E-state index in [4.69, 9.17) is 0 Å². The smallest absolute Gasteiger partial charge is 0.253 e. The lowest BCUT2D eigenvalue weighted by Gasteiger charge is -2.46. The number of carbonyl (C=O) groups is 2. The summed E-state index contributed by atoms with van der Waals surface area (Å²) in [5.41, 5.74) is 0.495. The molecule has 4 nitrogen and oxygen atoms in total. The third-order valence-electron chi connectivity index (χ3n) is 6.68. The molecule has 5 heteroatoms. The van der Waals surface area contributed by atoms with Crippen molar-refractivity contribution in [2.45, 2.75) is 57.4 Å². The van der Waals surface area contributed by atoms with Gasteiger partial charge in [-0.2, -0.15) is 0 Å². The first-order chi connectivity index (χ1) is 13.1. The lowest BCUT2D eigenvalue weighted by Crippen LogP contribution is -2.54. The second-order valence-electron chi connectivity index (χ2n) is 8.38. The number of piperidine rings is 2. The van der Waals surface area contributed by atoms with Crippen LogP contribution in [0.15, 0.2) is 24.3 Å². The Morgan fingerprint density at radius 3 is 2.41 bits per heavy atom. The first-order valence-electron chi connectivity index (χ1n) is 10.5. The highest BCUT2D eigenvalue weighted by atomic mass is 19.1. The fraction of sp³-hybridized carbons (Fsp3) is 0.636. The second kappa shape index (κ2) is 7.99. The quantitative estimate of drug-likeness (QED) is 0.791. The van der Waals surface area contributed by atoms with Crippen LogP contribution in [0.1, 0.15) is 61.7 Å². The van der Waals surface area contributed by atoms with Gasteiger partial charge in [-0.15, -0.1) is 0 Å². The topological polar surface area (TPSA) is 40.6 Å². The van der Waals surface area contributed by atoms with E-state index in [1.165, 1.54) is 49.9 Å². The maximum Gasteiger partial charge on any atom is 0.253 e. The van der Waals surface area contributed by atoms with Crippen LogP contribution in [0.3, 0.4) is 0 Å². The van der Waals surface area contributed by atoms with Crippen LogP contribution in [0.4, 0.5) is 4.39 Å². The number of benzene rings is 1. The predicted octanol–water partition coefficient (Wildman–Crippen LogP) is 3.86. The summed E-state index contributed by atoms with van der Waals surface area (Å²) in [6.45, 7) is 2.04. The second-order valence-corrected chi connectivity index (χ2v) is 8.38. The van der Waals surface area contributed by atoms with Crippen molar-refractivity contribution >= 4 is 11.8 Å². The highest BCUT2D eigenvalue weighted by Gasteiger charge is 2.39. The average Bonchev–Trinajstić information content (AvgIpc) is 2.73. The SMILES string of the molecule is O=C(c1ccc(F)cc1)N1CCC[C@H](C(=O)N2CCC[C@H]3CCCC[C@H]32)C1. The molecule has 2 amide bonds. The molecule has 0 unspecified atom stereocenters. The largest absolute Gasteiger partial charge is 0.339 e. The third kappa shape index (κ3) is 3.87. The molecule has 0 N–H and O–H groups in total. The Bertz CT molecular complexity index is 688. The number of rotatable bonds is 2. The molecule has 0 radical (unpaired) electrons. The van der Waals surface area contributed by atoms with E-state index in [0.29, 0.717) is 30.6 Å². The highest BCUT2D eigenvalue weighted by Crippen LogP contribution is 2.36. The van der Waals surface area contributed by atoms with Gasteiger partial charge in [0.1, 0.15) is 5.82 Å². The lowest BCUT2D eigenvalue weighted by molar-refractivity contribution is -0.143. The van der Waals surface area contributed by atoms with Gasteiger partial charge in [0.25, 0.3) is 5.91 Å². The summed E-state index contributed by atoms with van der Waals surface area (Å²) in [5.74, 6) is 0.399.